The summed E-state index contributed by atoms with van der Waals surface area (Å²) in [6.07, 6.45) is -0.726. The van der Waals surface area contributed by atoms with Crippen molar-refractivity contribution in [2.45, 2.75) is 51.7 Å². The highest BCUT2D eigenvalue weighted by atomic mass is 32.2. The number of alkyl halides is 1. The zero-order valence-corrected chi connectivity index (χ0v) is 27.3. The lowest BCUT2D eigenvalue weighted by Crippen LogP contribution is -2.48. The summed E-state index contributed by atoms with van der Waals surface area (Å²) in [5, 5.41) is 20.2. The maximum atomic E-state index is 13.7. The largest absolute Gasteiger partial charge is 0.390 e. The minimum atomic E-state index is -3.72. The Morgan fingerprint density at radius 2 is 1.38 bits per heavy atom. The molecule has 4 aromatic rings. The van der Waals surface area contributed by atoms with Gasteiger partial charge in [-0.2, -0.15) is 0 Å². The summed E-state index contributed by atoms with van der Waals surface area (Å²) in [6.45, 7) is 3.24. The van der Waals surface area contributed by atoms with Gasteiger partial charge in [-0.05, 0) is 60.7 Å². The molecule has 4 rings (SSSR count). The van der Waals surface area contributed by atoms with E-state index in [1.165, 1.54) is 25.1 Å². The van der Waals surface area contributed by atoms with Crippen LogP contribution in [0.5, 0.6) is 0 Å². The molecule has 0 aliphatic heterocycles. The number of carbonyl (C=O) groups is 2. The normalized spacial score (nSPS) is 13.3. The highest BCUT2D eigenvalue weighted by Crippen LogP contribution is 2.20. The third kappa shape index (κ3) is 10.7. The van der Waals surface area contributed by atoms with Crippen LogP contribution in [0.2, 0.25) is 0 Å². The van der Waals surface area contributed by atoms with Crippen molar-refractivity contribution >= 4 is 27.5 Å². The molecule has 248 valence electrons. The molecular weight excluding hydrogens is 619 g/mol. The molecule has 0 bridgehead atoms. The predicted molar refractivity (Wildman–Crippen MR) is 182 cm³/mol. The van der Waals surface area contributed by atoms with Gasteiger partial charge in [-0.1, -0.05) is 84.9 Å². The van der Waals surface area contributed by atoms with Crippen molar-refractivity contribution in [1.29, 1.82) is 0 Å². The number of aliphatic hydroxyl groups excluding tert-OH is 1. The fraction of sp³-hybridized carbons (Fsp3) is 0.278. The monoisotopic (exact) mass is 660 g/mol. The third-order valence-corrected chi connectivity index (χ3v) is 8.97. The number of rotatable bonds is 16. The lowest BCUT2D eigenvalue weighted by molar-refractivity contribution is 0.0830. The molecule has 2 amide bonds. The van der Waals surface area contributed by atoms with Gasteiger partial charge in [0.1, 0.15) is 6.67 Å². The average Bonchev–Trinajstić information content (AvgIpc) is 3.08. The number of halogens is 1. The number of amides is 2. The first-order valence-electron chi connectivity index (χ1n) is 15.5. The summed E-state index contributed by atoms with van der Waals surface area (Å²) in [5.74, 6) is -1.29. The van der Waals surface area contributed by atoms with E-state index in [0.29, 0.717) is 18.5 Å². The zero-order chi connectivity index (χ0) is 33.8. The molecule has 3 atom stereocenters. The van der Waals surface area contributed by atoms with E-state index in [2.05, 4.69) is 20.7 Å². The van der Waals surface area contributed by atoms with E-state index in [1.807, 2.05) is 73.7 Å². The number of hydrogen-bond acceptors (Lipinski definition) is 6. The maximum Gasteiger partial charge on any atom is 0.251 e. The van der Waals surface area contributed by atoms with Crippen LogP contribution in [0.25, 0.3) is 0 Å². The first-order chi connectivity index (χ1) is 22.6. The van der Waals surface area contributed by atoms with E-state index in [1.54, 1.807) is 18.2 Å². The third-order valence-electron chi connectivity index (χ3n) is 7.67. The molecule has 9 nitrogen and oxygen atoms in total. The van der Waals surface area contributed by atoms with Gasteiger partial charge < -0.3 is 21.1 Å². The topological polar surface area (TPSA) is 137 Å². The van der Waals surface area contributed by atoms with Crippen LogP contribution in [-0.2, 0) is 29.7 Å². The smallest absolute Gasteiger partial charge is 0.251 e. The number of carbonyl (C=O) groups excluding carboxylic acids is 2. The summed E-state index contributed by atoms with van der Waals surface area (Å²) in [6, 6.07) is 28.8. The number of aliphatic hydroxyl groups is 1. The SMILES string of the molecule is CCS(=O)(=O)Nc1cc(C(=O)N[C@@H](Cc2ccccc2)[C@H](O)CNCc2cccc(CF)c2)cc(C(=O)N[C@H](C)c2ccccc2)c1. The Morgan fingerprint density at radius 1 is 0.787 bits per heavy atom. The van der Waals surface area contributed by atoms with Crippen molar-refractivity contribution in [3.8, 4) is 0 Å². The maximum absolute atomic E-state index is 13.7. The molecule has 0 spiro atoms. The average molecular weight is 661 g/mol. The second-order valence-corrected chi connectivity index (χ2v) is 13.3. The van der Waals surface area contributed by atoms with Gasteiger partial charge in [-0.3, -0.25) is 14.3 Å². The van der Waals surface area contributed by atoms with E-state index in [4.69, 9.17) is 0 Å². The molecule has 0 unspecified atom stereocenters. The molecule has 4 aromatic carbocycles. The number of benzene rings is 4. The second kappa shape index (κ2) is 16.8. The Morgan fingerprint density at radius 3 is 2.02 bits per heavy atom. The summed E-state index contributed by atoms with van der Waals surface area (Å²) in [7, 11) is -3.72. The number of nitrogens with one attached hydrogen (secondary N) is 4. The fourth-order valence-corrected chi connectivity index (χ4v) is 5.66. The highest BCUT2D eigenvalue weighted by molar-refractivity contribution is 7.92. The minimum Gasteiger partial charge on any atom is -0.390 e. The molecule has 0 saturated heterocycles. The van der Waals surface area contributed by atoms with Gasteiger partial charge in [0.2, 0.25) is 10.0 Å². The van der Waals surface area contributed by atoms with E-state index >= 15 is 0 Å². The van der Waals surface area contributed by atoms with Crippen molar-refractivity contribution in [2.24, 2.45) is 0 Å². The fourth-order valence-electron chi connectivity index (χ4n) is 5.04. The van der Waals surface area contributed by atoms with Gasteiger partial charge in [0.25, 0.3) is 11.8 Å². The summed E-state index contributed by atoms with van der Waals surface area (Å²) >= 11 is 0. The van der Waals surface area contributed by atoms with E-state index in [0.717, 1.165) is 16.7 Å². The summed E-state index contributed by atoms with van der Waals surface area (Å²) < 4.78 is 40.4. The number of anilines is 1. The number of sulfonamides is 1. The number of hydrogen-bond donors (Lipinski definition) is 5. The molecule has 5 N–H and O–H groups in total. The molecule has 0 fully saturated rings. The Labute approximate surface area is 275 Å². The van der Waals surface area contributed by atoms with Crippen LogP contribution in [0.4, 0.5) is 10.1 Å². The van der Waals surface area contributed by atoms with Crippen LogP contribution in [0, 0.1) is 0 Å². The second-order valence-electron chi connectivity index (χ2n) is 11.3. The van der Waals surface area contributed by atoms with Crippen molar-refractivity contribution < 1.29 is 27.5 Å². The van der Waals surface area contributed by atoms with E-state index in [-0.39, 0.29) is 35.2 Å². The van der Waals surface area contributed by atoms with Crippen molar-refractivity contribution in [3.05, 3.63) is 137 Å². The first-order valence-corrected chi connectivity index (χ1v) is 17.1. The summed E-state index contributed by atoms with van der Waals surface area (Å²) in [4.78, 5) is 27.1. The van der Waals surface area contributed by atoms with Crippen LogP contribution in [0.1, 0.15) is 62.9 Å². The molecule has 0 aromatic heterocycles. The molecule has 11 heteroatoms. The molecule has 0 aliphatic carbocycles. The molecule has 0 radical (unpaired) electrons. The highest BCUT2D eigenvalue weighted by Gasteiger charge is 2.24. The summed E-state index contributed by atoms with van der Waals surface area (Å²) in [5.41, 5.74) is 3.37. The molecule has 0 heterocycles. The van der Waals surface area contributed by atoms with Crippen molar-refractivity contribution in [1.82, 2.24) is 16.0 Å². The van der Waals surface area contributed by atoms with Crippen molar-refractivity contribution in [2.75, 3.05) is 17.0 Å². The standard InChI is InChI=1S/C36H41FN4O5S/c1-3-47(45,46)41-32-20-30(35(43)39-25(2)29-15-8-5-9-16-29)19-31(21-32)36(44)40-33(18-26-11-6-4-7-12-26)34(42)24-38-23-28-14-10-13-27(17-28)22-37/h4-17,19-21,25,33-34,38,41-42H,3,18,22-24H2,1-2H3,(H,39,43)(H,40,44)/t25-,33+,34-/m1/s1. The van der Waals surface area contributed by atoms with Gasteiger partial charge in [0.15, 0.2) is 0 Å². The van der Waals surface area contributed by atoms with Crippen LogP contribution in [0.3, 0.4) is 0 Å². The van der Waals surface area contributed by atoms with E-state index < -0.39 is 40.7 Å². The Kier molecular flexibility index (Phi) is 12.6. The van der Waals surface area contributed by atoms with Gasteiger partial charge in [0.05, 0.1) is 29.6 Å². The van der Waals surface area contributed by atoms with Gasteiger partial charge >= 0.3 is 0 Å². The van der Waals surface area contributed by atoms with Crippen LogP contribution < -0.4 is 20.7 Å². The lowest BCUT2D eigenvalue weighted by atomic mass is 10.00. The van der Waals surface area contributed by atoms with E-state index in [9.17, 15) is 27.5 Å². The van der Waals surface area contributed by atoms with Crippen LogP contribution >= 0.6 is 0 Å². The lowest BCUT2D eigenvalue weighted by Gasteiger charge is -2.25. The van der Waals surface area contributed by atoms with Crippen LogP contribution in [-0.4, -0.2) is 49.8 Å². The van der Waals surface area contributed by atoms with Crippen LogP contribution in [0.15, 0.2) is 103 Å². The Bertz CT molecular complexity index is 1740. The van der Waals surface area contributed by atoms with Gasteiger partial charge in [0, 0.05) is 24.2 Å². The minimum absolute atomic E-state index is 0.0417. The molecule has 47 heavy (non-hydrogen) atoms. The predicted octanol–water partition coefficient (Wildman–Crippen LogP) is 4.90. The van der Waals surface area contributed by atoms with Gasteiger partial charge in [-0.25, -0.2) is 12.8 Å². The first kappa shape index (κ1) is 35.3. The Balaban J connectivity index is 1.56. The molecule has 0 aliphatic rings. The zero-order valence-electron chi connectivity index (χ0n) is 26.4. The molecule has 0 saturated carbocycles. The van der Waals surface area contributed by atoms with Gasteiger partial charge in [-0.15, -0.1) is 0 Å². The Hall–Kier alpha value is -4.58. The quantitative estimate of drug-likeness (QED) is 0.116. The van der Waals surface area contributed by atoms with Crippen molar-refractivity contribution in [3.63, 3.8) is 0 Å². The molecular formula is C36H41FN4O5S.